The molecule has 1 aliphatic rings. The van der Waals surface area contributed by atoms with Crippen LogP contribution in [-0.2, 0) is 4.79 Å². The van der Waals surface area contributed by atoms with Crippen LogP contribution in [0.25, 0.3) is 10.9 Å². The van der Waals surface area contributed by atoms with Crippen LogP contribution < -0.4 is 15.8 Å². The normalized spacial score (nSPS) is 14.7. The summed E-state index contributed by atoms with van der Waals surface area (Å²) in [6, 6.07) is 7.65. The number of phenolic OH excluding ortho intramolecular Hbond substituents is 1. The number of nitrogens with zero attached hydrogens (tertiary/aromatic N) is 2. The minimum absolute atomic E-state index is 0.00729. The zero-order chi connectivity index (χ0) is 28.9. The summed E-state index contributed by atoms with van der Waals surface area (Å²) in [4.78, 5) is 18.7. The van der Waals surface area contributed by atoms with Crippen LogP contribution in [0.4, 0.5) is 15.9 Å². The molecule has 5 N–H and O–H groups in total. The summed E-state index contributed by atoms with van der Waals surface area (Å²) < 4.78 is 19.0. The molecule has 8 nitrogen and oxygen atoms in total. The topological polar surface area (TPSA) is 131 Å². The van der Waals surface area contributed by atoms with E-state index in [9.17, 15) is 14.3 Å². The van der Waals surface area contributed by atoms with Crippen molar-refractivity contribution in [2.75, 3.05) is 12.4 Å². The first kappa shape index (κ1) is 32.0. The number of anilines is 2. The summed E-state index contributed by atoms with van der Waals surface area (Å²) in [6.45, 7) is 5.96. The minimum Gasteiger partial charge on any atom is -0.504 e. The van der Waals surface area contributed by atoms with E-state index in [4.69, 9.17) is 27.2 Å². The lowest BCUT2D eigenvalue weighted by Crippen LogP contribution is -2.24. The van der Waals surface area contributed by atoms with Crippen molar-refractivity contribution in [3.05, 3.63) is 47.5 Å². The number of nitrogens with two attached hydrogens (primary N) is 1. The van der Waals surface area contributed by atoms with Crippen molar-refractivity contribution in [3.8, 4) is 11.5 Å². The molecule has 2 atom stereocenters. The van der Waals surface area contributed by atoms with E-state index in [1.54, 1.807) is 25.1 Å². The van der Waals surface area contributed by atoms with Gasteiger partial charge in [-0.2, -0.15) is 0 Å². The van der Waals surface area contributed by atoms with Gasteiger partial charge in [-0.05, 0) is 37.0 Å². The first-order chi connectivity index (χ1) is 18.6. The molecule has 1 aromatic heterocycles. The molecule has 0 saturated heterocycles. The summed E-state index contributed by atoms with van der Waals surface area (Å²) in [6.07, 6.45) is 9.54. The number of phenols is 1. The highest BCUT2D eigenvalue weighted by Gasteiger charge is 2.13. The van der Waals surface area contributed by atoms with E-state index < -0.39 is 5.82 Å². The van der Waals surface area contributed by atoms with Crippen molar-refractivity contribution in [1.29, 1.82) is 0 Å². The fourth-order valence-corrected chi connectivity index (χ4v) is 4.24. The number of benzene rings is 2. The van der Waals surface area contributed by atoms with Crippen molar-refractivity contribution in [2.24, 2.45) is 17.6 Å². The number of ether oxygens (including phenoxy) is 1. The van der Waals surface area contributed by atoms with Gasteiger partial charge >= 0.3 is 0 Å². The van der Waals surface area contributed by atoms with Crippen LogP contribution in [-0.4, -0.2) is 39.3 Å². The first-order valence-electron chi connectivity index (χ1n) is 13.3. The zero-order valence-corrected chi connectivity index (χ0v) is 23.8. The van der Waals surface area contributed by atoms with Crippen LogP contribution in [0.1, 0.15) is 65.7 Å². The second-order valence-electron chi connectivity index (χ2n) is 9.83. The van der Waals surface area contributed by atoms with Gasteiger partial charge in [0.05, 0.1) is 29.4 Å². The van der Waals surface area contributed by atoms with E-state index >= 15 is 0 Å². The van der Waals surface area contributed by atoms with E-state index in [2.05, 4.69) is 22.2 Å². The minimum atomic E-state index is -0.575. The lowest BCUT2D eigenvalue weighted by molar-refractivity contribution is -0.122. The maximum Gasteiger partial charge on any atom is 0.220 e. The standard InChI is InChI=1S/C15H11ClFN3O2.C7H15NO2.C7H14/c1-22-13-6-11-8(5-12(13)21)15(19-7-18-11)20-10-4-2-3-9(16)14(10)17;1-3-6(9)4-5(2)7(8)10;1-7-5-3-2-4-6-7/h2-7,21H,1H3,(H,18,19,20);5-6,9H,3-4H2,1-2H3,(H2,8,10);7H,2-6H2,1H3/t;5-,6+;/m.1./s1. The zero-order valence-electron chi connectivity index (χ0n) is 23.1. The fourth-order valence-electron chi connectivity index (χ4n) is 4.06. The molecule has 1 fully saturated rings. The molecule has 1 saturated carbocycles. The maximum atomic E-state index is 14.0. The summed E-state index contributed by atoms with van der Waals surface area (Å²) in [5.41, 5.74) is 5.72. The third kappa shape index (κ3) is 10.1. The number of methoxy groups -OCH3 is 1. The number of hydrogen-bond acceptors (Lipinski definition) is 7. The maximum absolute atomic E-state index is 14.0. The van der Waals surface area contributed by atoms with Gasteiger partial charge in [-0.1, -0.05) is 70.5 Å². The highest BCUT2D eigenvalue weighted by atomic mass is 35.5. The quantitative estimate of drug-likeness (QED) is 0.251. The Labute approximate surface area is 234 Å². The summed E-state index contributed by atoms with van der Waals surface area (Å²) in [5, 5.41) is 22.4. The van der Waals surface area contributed by atoms with Crippen molar-refractivity contribution in [1.82, 2.24) is 9.97 Å². The molecule has 214 valence electrons. The van der Waals surface area contributed by atoms with Crippen molar-refractivity contribution in [3.63, 3.8) is 0 Å². The number of aromatic nitrogens is 2. The van der Waals surface area contributed by atoms with Crippen molar-refractivity contribution < 1.29 is 24.1 Å². The van der Waals surface area contributed by atoms with Gasteiger partial charge in [0.1, 0.15) is 12.1 Å². The Kier molecular flexibility index (Phi) is 13.2. The fraction of sp³-hybridized carbons (Fsp3) is 0.483. The number of aromatic hydroxyl groups is 1. The Hall–Kier alpha value is -3.17. The first-order valence-corrected chi connectivity index (χ1v) is 13.6. The van der Waals surface area contributed by atoms with E-state index in [1.807, 2.05) is 6.92 Å². The molecule has 10 heteroatoms. The molecule has 4 rings (SSSR count). The third-order valence-corrected chi connectivity index (χ3v) is 6.91. The van der Waals surface area contributed by atoms with Gasteiger partial charge in [-0.15, -0.1) is 0 Å². The lowest BCUT2D eigenvalue weighted by atomic mass is 9.91. The summed E-state index contributed by atoms with van der Waals surface area (Å²) >= 11 is 5.76. The van der Waals surface area contributed by atoms with Gasteiger partial charge in [0.15, 0.2) is 17.3 Å². The van der Waals surface area contributed by atoms with Crippen LogP contribution in [0.2, 0.25) is 5.02 Å². The molecule has 39 heavy (non-hydrogen) atoms. The number of amides is 1. The SMILES string of the molecule is CC1CCCCC1.CC[C@H](O)C[C@@H](C)C(N)=O.COc1cc2ncnc(Nc3cccc(Cl)c3F)c2cc1O. The van der Waals surface area contributed by atoms with E-state index in [0.717, 1.165) is 5.92 Å². The number of aliphatic hydroxyl groups excluding tert-OH is 1. The molecule has 0 aliphatic heterocycles. The molecule has 0 radical (unpaired) electrons. The molecule has 0 bridgehead atoms. The average Bonchev–Trinajstić information content (AvgIpc) is 2.92. The molecular formula is C29H40ClFN4O4. The van der Waals surface area contributed by atoms with Crippen molar-refractivity contribution in [2.45, 2.75) is 71.8 Å². The molecule has 2 aromatic carbocycles. The largest absolute Gasteiger partial charge is 0.504 e. The number of fused-ring (bicyclic) bond motifs is 1. The number of nitrogens with one attached hydrogen (secondary N) is 1. The number of primary amides is 1. The van der Waals surface area contributed by atoms with Crippen LogP contribution in [0.3, 0.4) is 0 Å². The second kappa shape index (κ2) is 16.1. The van der Waals surface area contributed by atoms with E-state index in [1.165, 1.54) is 57.7 Å². The molecule has 1 amide bonds. The summed E-state index contributed by atoms with van der Waals surface area (Å²) in [7, 11) is 1.45. The highest BCUT2D eigenvalue weighted by Crippen LogP contribution is 2.34. The number of aliphatic hydroxyl groups is 1. The predicted octanol–water partition coefficient (Wildman–Crippen LogP) is 6.74. The Morgan fingerprint density at radius 2 is 1.95 bits per heavy atom. The Bertz CT molecular complexity index is 1210. The number of rotatable bonds is 7. The van der Waals surface area contributed by atoms with Gasteiger partial charge < -0.3 is 26.0 Å². The van der Waals surface area contributed by atoms with Crippen molar-refractivity contribution >= 4 is 39.9 Å². The van der Waals surface area contributed by atoms with Crippen LogP contribution in [0, 0.1) is 17.7 Å². The number of carbonyl (C=O) groups excluding carboxylic acids is 1. The van der Waals surface area contributed by atoms with Crippen LogP contribution in [0.5, 0.6) is 11.5 Å². The average molecular weight is 563 g/mol. The number of halogens is 2. The van der Waals surface area contributed by atoms with Gasteiger partial charge in [-0.25, -0.2) is 14.4 Å². The van der Waals surface area contributed by atoms with Gasteiger partial charge in [0, 0.05) is 17.4 Å². The monoisotopic (exact) mass is 562 g/mol. The Morgan fingerprint density at radius 1 is 1.26 bits per heavy atom. The van der Waals surface area contributed by atoms with Gasteiger partial charge in [-0.3, -0.25) is 4.79 Å². The van der Waals surface area contributed by atoms with Crippen LogP contribution >= 0.6 is 11.6 Å². The van der Waals surface area contributed by atoms with E-state index in [-0.39, 0.29) is 34.4 Å². The second-order valence-corrected chi connectivity index (χ2v) is 10.2. The molecule has 1 aliphatic carbocycles. The molecule has 1 heterocycles. The third-order valence-electron chi connectivity index (χ3n) is 6.62. The highest BCUT2D eigenvalue weighted by molar-refractivity contribution is 6.31. The summed E-state index contributed by atoms with van der Waals surface area (Å²) in [5.74, 6) is 0.500. The number of hydrogen-bond donors (Lipinski definition) is 4. The molecule has 0 spiro atoms. The lowest BCUT2D eigenvalue weighted by Gasteiger charge is -2.15. The molecular weight excluding hydrogens is 523 g/mol. The van der Waals surface area contributed by atoms with Crippen LogP contribution in [0.15, 0.2) is 36.7 Å². The van der Waals surface area contributed by atoms with Gasteiger partial charge in [0.2, 0.25) is 5.91 Å². The van der Waals surface area contributed by atoms with E-state index in [0.29, 0.717) is 35.3 Å². The Morgan fingerprint density at radius 3 is 2.51 bits per heavy atom. The molecule has 3 aromatic rings. The van der Waals surface area contributed by atoms with Gasteiger partial charge in [0.25, 0.3) is 0 Å². The Balaban J connectivity index is 0.000000259. The molecule has 0 unspecified atom stereocenters. The smallest absolute Gasteiger partial charge is 0.220 e. The predicted molar refractivity (Wildman–Crippen MR) is 154 cm³/mol. The number of carbonyl (C=O) groups is 1.